The number of hydrogen-bond acceptors (Lipinski definition) is 3. The predicted octanol–water partition coefficient (Wildman–Crippen LogP) is 0.480. The van der Waals surface area contributed by atoms with E-state index in [1.165, 1.54) is 0 Å². The molecule has 0 saturated carbocycles. The molecule has 72 valence electrons. The molecule has 0 aromatic heterocycles. The minimum Gasteiger partial charge on any atom is -0.393 e. The normalized spacial score (nSPS) is 24.2. The number of aliphatic hydroxyl groups excluding tert-OH is 1. The second-order valence-corrected chi connectivity index (χ2v) is 3.48. The molecule has 3 heteroatoms. The van der Waals surface area contributed by atoms with Crippen molar-refractivity contribution >= 4 is 0 Å². The van der Waals surface area contributed by atoms with Gasteiger partial charge in [0.05, 0.1) is 12.2 Å². The summed E-state index contributed by atoms with van der Waals surface area (Å²) in [5, 5.41) is 9.16. The van der Waals surface area contributed by atoms with Gasteiger partial charge in [-0.15, -0.1) is 0 Å². The Morgan fingerprint density at radius 3 is 2.33 bits per heavy atom. The maximum atomic E-state index is 9.16. The number of nitrogens with zero attached hydrogens (tertiary/aromatic N) is 1. The number of likely N-dealkylation sites (tertiary alicyclic amines) is 1. The molecule has 1 fully saturated rings. The Labute approximate surface area is 74.3 Å². The van der Waals surface area contributed by atoms with E-state index in [4.69, 9.17) is 9.84 Å². The maximum Gasteiger partial charge on any atom is 0.0932 e. The van der Waals surface area contributed by atoms with E-state index in [9.17, 15) is 0 Å². The Kier molecular flexibility index (Phi) is 3.50. The highest BCUT2D eigenvalue weighted by molar-refractivity contribution is 4.86. The molecule has 0 aromatic carbocycles. The molecule has 0 radical (unpaired) electrons. The highest BCUT2D eigenvalue weighted by Gasteiger charge is 2.33. The molecule has 1 heterocycles. The SMILES string of the molecule is CCN1CCC(CO)(OC)CC1. The molecule has 1 aliphatic heterocycles. The first-order valence-electron chi connectivity index (χ1n) is 4.65. The van der Waals surface area contributed by atoms with E-state index in [1.807, 2.05) is 0 Å². The van der Waals surface area contributed by atoms with Gasteiger partial charge in [0.15, 0.2) is 0 Å². The second-order valence-electron chi connectivity index (χ2n) is 3.48. The van der Waals surface area contributed by atoms with E-state index in [2.05, 4.69) is 11.8 Å². The van der Waals surface area contributed by atoms with Crippen molar-refractivity contribution in [3.05, 3.63) is 0 Å². The van der Waals surface area contributed by atoms with Crippen molar-refractivity contribution < 1.29 is 9.84 Å². The van der Waals surface area contributed by atoms with E-state index >= 15 is 0 Å². The van der Waals surface area contributed by atoms with Gasteiger partial charge in [0.25, 0.3) is 0 Å². The molecule has 1 rings (SSSR count). The Hall–Kier alpha value is -0.120. The molecule has 1 aliphatic rings. The summed E-state index contributed by atoms with van der Waals surface area (Å²) in [5.74, 6) is 0. The number of rotatable bonds is 3. The third-order valence-corrected chi connectivity index (χ3v) is 2.94. The number of ether oxygens (including phenoxy) is 1. The van der Waals surface area contributed by atoms with Crippen LogP contribution in [0.5, 0.6) is 0 Å². The first kappa shape index (κ1) is 9.96. The van der Waals surface area contributed by atoms with Crippen molar-refractivity contribution in [3.63, 3.8) is 0 Å². The van der Waals surface area contributed by atoms with Crippen LogP contribution in [0.1, 0.15) is 19.8 Å². The average Bonchev–Trinajstić information content (AvgIpc) is 2.18. The number of piperidine rings is 1. The van der Waals surface area contributed by atoms with Crippen molar-refractivity contribution in [3.8, 4) is 0 Å². The van der Waals surface area contributed by atoms with Gasteiger partial charge >= 0.3 is 0 Å². The first-order chi connectivity index (χ1) is 5.76. The summed E-state index contributed by atoms with van der Waals surface area (Å²) < 4.78 is 5.34. The summed E-state index contributed by atoms with van der Waals surface area (Å²) in [6.45, 7) is 5.51. The zero-order chi connectivity index (χ0) is 9.03. The quantitative estimate of drug-likeness (QED) is 0.674. The fourth-order valence-electron chi connectivity index (χ4n) is 1.70. The lowest BCUT2D eigenvalue weighted by atomic mass is 9.92. The predicted molar refractivity (Wildman–Crippen MR) is 48.2 cm³/mol. The van der Waals surface area contributed by atoms with Crippen LogP contribution in [-0.2, 0) is 4.74 Å². The van der Waals surface area contributed by atoms with E-state index in [1.54, 1.807) is 7.11 Å². The lowest BCUT2D eigenvalue weighted by Gasteiger charge is -2.39. The second kappa shape index (κ2) is 4.21. The fraction of sp³-hybridized carbons (Fsp3) is 1.00. The molecule has 0 aromatic rings. The summed E-state index contributed by atoms with van der Waals surface area (Å²) in [5.41, 5.74) is -0.244. The van der Waals surface area contributed by atoms with Gasteiger partial charge < -0.3 is 14.7 Å². The Balaban J connectivity index is 2.42. The molecule has 1 saturated heterocycles. The van der Waals surface area contributed by atoms with E-state index in [0.717, 1.165) is 32.5 Å². The van der Waals surface area contributed by atoms with Crippen LogP contribution in [0.3, 0.4) is 0 Å². The van der Waals surface area contributed by atoms with Gasteiger partial charge in [-0.25, -0.2) is 0 Å². The van der Waals surface area contributed by atoms with Gasteiger partial charge in [0, 0.05) is 20.2 Å². The summed E-state index contributed by atoms with van der Waals surface area (Å²) in [6, 6.07) is 0. The highest BCUT2D eigenvalue weighted by atomic mass is 16.5. The zero-order valence-corrected chi connectivity index (χ0v) is 8.05. The molecular formula is C9H19NO2. The third kappa shape index (κ3) is 1.97. The van der Waals surface area contributed by atoms with E-state index in [0.29, 0.717) is 0 Å². The average molecular weight is 173 g/mol. The van der Waals surface area contributed by atoms with Crippen LogP contribution < -0.4 is 0 Å². The van der Waals surface area contributed by atoms with Gasteiger partial charge in [0.1, 0.15) is 0 Å². The maximum absolute atomic E-state index is 9.16. The monoisotopic (exact) mass is 173 g/mol. The van der Waals surface area contributed by atoms with Crippen molar-refractivity contribution in [1.29, 1.82) is 0 Å². The van der Waals surface area contributed by atoms with Crippen molar-refractivity contribution in [2.45, 2.75) is 25.4 Å². The molecule has 0 amide bonds. The molecule has 3 nitrogen and oxygen atoms in total. The molecule has 0 aliphatic carbocycles. The first-order valence-corrected chi connectivity index (χ1v) is 4.65. The number of aliphatic hydroxyl groups is 1. The third-order valence-electron chi connectivity index (χ3n) is 2.94. The van der Waals surface area contributed by atoms with E-state index in [-0.39, 0.29) is 12.2 Å². The Morgan fingerprint density at radius 1 is 1.42 bits per heavy atom. The fourth-order valence-corrected chi connectivity index (χ4v) is 1.70. The van der Waals surface area contributed by atoms with Gasteiger partial charge in [0.2, 0.25) is 0 Å². The molecule has 0 atom stereocenters. The van der Waals surface area contributed by atoms with Crippen molar-refractivity contribution in [2.75, 3.05) is 33.4 Å². The van der Waals surface area contributed by atoms with Crippen LogP contribution in [0.25, 0.3) is 0 Å². The summed E-state index contributed by atoms with van der Waals surface area (Å²) in [4.78, 5) is 2.38. The molecule has 0 spiro atoms. The molecular weight excluding hydrogens is 154 g/mol. The summed E-state index contributed by atoms with van der Waals surface area (Å²) in [6.07, 6.45) is 1.90. The summed E-state index contributed by atoms with van der Waals surface area (Å²) in [7, 11) is 1.69. The number of methoxy groups -OCH3 is 1. The van der Waals surface area contributed by atoms with Crippen LogP contribution in [0.15, 0.2) is 0 Å². The van der Waals surface area contributed by atoms with E-state index < -0.39 is 0 Å². The molecule has 0 unspecified atom stereocenters. The van der Waals surface area contributed by atoms with Crippen LogP contribution in [0.2, 0.25) is 0 Å². The van der Waals surface area contributed by atoms with Gasteiger partial charge in [-0.1, -0.05) is 6.92 Å². The minimum absolute atomic E-state index is 0.154. The molecule has 1 N–H and O–H groups in total. The molecule has 12 heavy (non-hydrogen) atoms. The van der Waals surface area contributed by atoms with Crippen molar-refractivity contribution in [2.24, 2.45) is 0 Å². The standard InChI is InChI=1S/C9H19NO2/c1-3-10-6-4-9(8-11,12-2)5-7-10/h11H,3-8H2,1-2H3. The highest BCUT2D eigenvalue weighted by Crippen LogP contribution is 2.24. The smallest absolute Gasteiger partial charge is 0.0932 e. The lowest BCUT2D eigenvalue weighted by molar-refractivity contribution is -0.0882. The van der Waals surface area contributed by atoms with Gasteiger partial charge in [-0.3, -0.25) is 0 Å². The van der Waals surface area contributed by atoms with Crippen LogP contribution in [0.4, 0.5) is 0 Å². The number of hydrogen-bond donors (Lipinski definition) is 1. The van der Waals surface area contributed by atoms with Crippen LogP contribution in [-0.4, -0.2) is 49.0 Å². The topological polar surface area (TPSA) is 32.7 Å². The zero-order valence-electron chi connectivity index (χ0n) is 8.05. The minimum atomic E-state index is -0.244. The Bertz CT molecular complexity index is 124. The largest absolute Gasteiger partial charge is 0.393 e. The van der Waals surface area contributed by atoms with Crippen molar-refractivity contribution in [1.82, 2.24) is 4.90 Å². The summed E-state index contributed by atoms with van der Waals surface area (Å²) >= 11 is 0. The van der Waals surface area contributed by atoms with Gasteiger partial charge in [-0.2, -0.15) is 0 Å². The molecule has 0 bridgehead atoms. The Morgan fingerprint density at radius 2 is 2.00 bits per heavy atom. The van der Waals surface area contributed by atoms with Crippen LogP contribution >= 0.6 is 0 Å². The lowest BCUT2D eigenvalue weighted by Crippen LogP contribution is -2.47. The van der Waals surface area contributed by atoms with Gasteiger partial charge in [-0.05, 0) is 19.4 Å². The van der Waals surface area contributed by atoms with Crippen LogP contribution in [0, 0.1) is 0 Å².